The summed E-state index contributed by atoms with van der Waals surface area (Å²) in [6.45, 7) is 4.28. The van der Waals surface area contributed by atoms with E-state index in [4.69, 9.17) is 10.4 Å². The van der Waals surface area contributed by atoms with Crippen molar-refractivity contribution in [2.24, 2.45) is 5.92 Å². The first-order valence-corrected chi connectivity index (χ1v) is 3.74. The predicted molar refractivity (Wildman–Crippen MR) is 40.3 cm³/mol. The van der Waals surface area contributed by atoms with E-state index in [2.05, 4.69) is 13.8 Å². The van der Waals surface area contributed by atoms with Gasteiger partial charge in [-0.3, -0.25) is 0 Å². The number of rotatable bonds is 4. The highest BCUT2D eigenvalue weighted by Gasteiger charge is 2.01. The number of aliphatic hydroxyl groups excluding tert-OH is 1. The van der Waals surface area contributed by atoms with Gasteiger partial charge in [0.15, 0.2) is 0 Å². The molecule has 2 nitrogen and oxygen atoms in total. The lowest BCUT2D eigenvalue weighted by atomic mass is 10.0. The summed E-state index contributed by atoms with van der Waals surface area (Å²) in [5, 5.41) is 17.0. The molecule has 1 unspecified atom stereocenters. The topological polar surface area (TPSA) is 44.0 Å². The maximum atomic E-state index is 8.81. The van der Waals surface area contributed by atoms with Crippen LogP contribution in [0.15, 0.2) is 0 Å². The Kier molecular flexibility index (Phi) is 4.96. The van der Waals surface area contributed by atoms with Gasteiger partial charge in [-0.15, -0.1) is 0 Å². The van der Waals surface area contributed by atoms with Gasteiger partial charge < -0.3 is 5.11 Å². The van der Waals surface area contributed by atoms with Crippen LogP contribution in [0.2, 0.25) is 0 Å². The van der Waals surface area contributed by atoms with Crippen LogP contribution in [-0.4, -0.2) is 11.2 Å². The van der Waals surface area contributed by atoms with Crippen LogP contribution in [0.25, 0.3) is 0 Å². The van der Waals surface area contributed by atoms with Crippen molar-refractivity contribution in [2.45, 2.75) is 39.2 Å². The number of nitrogens with zero attached hydrogens (tertiary/aromatic N) is 1. The number of hydrogen-bond acceptors (Lipinski definition) is 2. The normalized spacial score (nSPS) is 13.1. The van der Waals surface area contributed by atoms with Gasteiger partial charge in [-0.2, -0.15) is 5.26 Å². The first-order valence-electron chi connectivity index (χ1n) is 3.74. The molecule has 0 rings (SSSR count). The molecule has 0 amide bonds. The second kappa shape index (κ2) is 5.25. The van der Waals surface area contributed by atoms with Gasteiger partial charge in [0.1, 0.15) is 6.10 Å². The number of hydrogen-bond donors (Lipinski definition) is 1. The van der Waals surface area contributed by atoms with Crippen LogP contribution in [0.3, 0.4) is 0 Å². The van der Waals surface area contributed by atoms with Crippen molar-refractivity contribution in [1.82, 2.24) is 0 Å². The summed E-state index contributed by atoms with van der Waals surface area (Å²) in [5.74, 6) is 0.672. The van der Waals surface area contributed by atoms with Gasteiger partial charge in [-0.25, -0.2) is 0 Å². The molecule has 0 aliphatic rings. The highest BCUT2D eigenvalue weighted by atomic mass is 16.3. The molecule has 10 heavy (non-hydrogen) atoms. The molecule has 0 heterocycles. The Bertz CT molecular complexity index is 115. The second-order valence-corrected chi connectivity index (χ2v) is 2.97. The molecule has 58 valence electrons. The molecule has 0 aliphatic heterocycles. The lowest BCUT2D eigenvalue weighted by Crippen LogP contribution is -2.02. The number of nitriles is 1. The Morgan fingerprint density at radius 2 is 2.00 bits per heavy atom. The monoisotopic (exact) mass is 141 g/mol. The van der Waals surface area contributed by atoms with Crippen molar-refractivity contribution in [3.8, 4) is 6.07 Å². The molecule has 0 spiro atoms. The zero-order valence-corrected chi connectivity index (χ0v) is 6.67. The summed E-state index contributed by atoms with van der Waals surface area (Å²) >= 11 is 0. The molecule has 0 aromatic rings. The highest BCUT2D eigenvalue weighted by molar-refractivity contribution is 4.81. The van der Waals surface area contributed by atoms with Crippen molar-refractivity contribution in [2.75, 3.05) is 0 Å². The van der Waals surface area contributed by atoms with Crippen molar-refractivity contribution < 1.29 is 5.11 Å². The van der Waals surface area contributed by atoms with Crippen LogP contribution >= 0.6 is 0 Å². The fourth-order valence-electron chi connectivity index (χ4n) is 0.784. The van der Waals surface area contributed by atoms with E-state index >= 15 is 0 Å². The van der Waals surface area contributed by atoms with E-state index in [0.717, 1.165) is 12.8 Å². The van der Waals surface area contributed by atoms with E-state index in [-0.39, 0.29) is 0 Å². The third-order valence-electron chi connectivity index (χ3n) is 1.41. The van der Waals surface area contributed by atoms with Gasteiger partial charge in [0.05, 0.1) is 6.07 Å². The Morgan fingerprint density at radius 3 is 2.40 bits per heavy atom. The largest absolute Gasteiger partial charge is 0.378 e. The third kappa shape index (κ3) is 5.58. The van der Waals surface area contributed by atoms with Crippen molar-refractivity contribution in [3.63, 3.8) is 0 Å². The van der Waals surface area contributed by atoms with Crippen LogP contribution in [0.1, 0.15) is 33.1 Å². The summed E-state index contributed by atoms with van der Waals surface area (Å²) in [7, 11) is 0. The minimum absolute atomic E-state index is 0.620. The van der Waals surface area contributed by atoms with Crippen LogP contribution in [0.4, 0.5) is 0 Å². The lowest BCUT2D eigenvalue weighted by Gasteiger charge is -2.03. The molecule has 0 bridgehead atoms. The molecule has 0 aromatic heterocycles. The summed E-state index contributed by atoms with van der Waals surface area (Å²) in [4.78, 5) is 0. The van der Waals surface area contributed by atoms with E-state index in [9.17, 15) is 0 Å². The van der Waals surface area contributed by atoms with Crippen molar-refractivity contribution in [1.29, 1.82) is 5.26 Å². The predicted octanol–water partition coefficient (Wildman–Crippen LogP) is 1.70. The zero-order chi connectivity index (χ0) is 7.98. The van der Waals surface area contributed by atoms with Crippen LogP contribution in [-0.2, 0) is 0 Å². The Morgan fingerprint density at radius 1 is 1.40 bits per heavy atom. The molecule has 0 saturated carbocycles. The highest BCUT2D eigenvalue weighted by Crippen LogP contribution is 2.07. The molecule has 0 radical (unpaired) electrons. The Labute approximate surface area is 62.5 Å². The first kappa shape index (κ1) is 9.45. The standard InChI is InChI=1S/C8H15NO/c1-7(2)4-3-5-8(10)6-9/h7-8,10H,3-5H2,1-2H3. The van der Waals surface area contributed by atoms with Gasteiger partial charge >= 0.3 is 0 Å². The van der Waals surface area contributed by atoms with Gasteiger partial charge in [0.2, 0.25) is 0 Å². The maximum Gasteiger partial charge on any atom is 0.140 e. The summed E-state index contributed by atoms with van der Waals surface area (Å²) < 4.78 is 0. The van der Waals surface area contributed by atoms with Gasteiger partial charge in [-0.1, -0.05) is 20.3 Å². The third-order valence-corrected chi connectivity index (χ3v) is 1.41. The Balaban J connectivity index is 3.13. The minimum Gasteiger partial charge on any atom is -0.378 e. The Hall–Kier alpha value is -0.550. The van der Waals surface area contributed by atoms with E-state index in [1.807, 2.05) is 0 Å². The minimum atomic E-state index is -0.751. The molecule has 0 fully saturated rings. The van der Waals surface area contributed by atoms with Gasteiger partial charge in [0, 0.05) is 0 Å². The molecular formula is C8H15NO. The van der Waals surface area contributed by atoms with Crippen LogP contribution < -0.4 is 0 Å². The molecular weight excluding hydrogens is 126 g/mol. The van der Waals surface area contributed by atoms with Gasteiger partial charge in [-0.05, 0) is 18.8 Å². The smallest absolute Gasteiger partial charge is 0.140 e. The molecule has 0 aliphatic carbocycles. The summed E-state index contributed by atoms with van der Waals surface area (Å²) in [5.41, 5.74) is 0. The average Bonchev–Trinajstić information content (AvgIpc) is 1.87. The molecule has 1 atom stereocenters. The molecule has 2 heteroatoms. The van der Waals surface area contributed by atoms with Gasteiger partial charge in [0.25, 0.3) is 0 Å². The summed E-state index contributed by atoms with van der Waals surface area (Å²) in [6, 6.07) is 1.79. The fourth-order valence-corrected chi connectivity index (χ4v) is 0.784. The molecule has 1 N–H and O–H groups in total. The maximum absolute atomic E-state index is 8.81. The molecule has 0 saturated heterocycles. The van der Waals surface area contributed by atoms with Crippen LogP contribution in [0, 0.1) is 17.2 Å². The SMILES string of the molecule is CC(C)CCCC(O)C#N. The molecule has 0 aromatic carbocycles. The second-order valence-electron chi connectivity index (χ2n) is 2.97. The van der Waals surface area contributed by atoms with E-state index in [0.29, 0.717) is 12.3 Å². The summed E-state index contributed by atoms with van der Waals surface area (Å²) in [6.07, 6.45) is 1.92. The average molecular weight is 141 g/mol. The number of aliphatic hydroxyl groups is 1. The first-order chi connectivity index (χ1) is 4.66. The van der Waals surface area contributed by atoms with Crippen molar-refractivity contribution in [3.05, 3.63) is 0 Å². The van der Waals surface area contributed by atoms with E-state index in [1.54, 1.807) is 6.07 Å². The fraction of sp³-hybridized carbons (Fsp3) is 0.875. The van der Waals surface area contributed by atoms with Crippen LogP contribution in [0.5, 0.6) is 0 Å². The lowest BCUT2D eigenvalue weighted by molar-refractivity contribution is 0.213. The zero-order valence-electron chi connectivity index (χ0n) is 6.67. The van der Waals surface area contributed by atoms with E-state index in [1.165, 1.54) is 0 Å². The quantitative estimate of drug-likeness (QED) is 0.605. The van der Waals surface area contributed by atoms with E-state index < -0.39 is 6.10 Å². The van der Waals surface area contributed by atoms with Crippen molar-refractivity contribution >= 4 is 0 Å².